The molecule has 0 heterocycles. The summed E-state index contributed by atoms with van der Waals surface area (Å²) >= 11 is 0. The molecule has 0 fully saturated rings. The summed E-state index contributed by atoms with van der Waals surface area (Å²) in [6, 6.07) is 14.1. The molecule has 2 rings (SSSR count). The molecule has 2 amide bonds. The van der Waals surface area contributed by atoms with Gasteiger partial charge in [0.2, 0.25) is 11.8 Å². The van der Waals surface area contributed by atoms with Gasteiger partial charge in [-0.05, 0) is 42.0 Å². The number of benzene rings is 2. The normalized spacial score (nSPS) is 9.96. The lowest BCUT2D eigenvalue weighted by atomic mass is 10.2. The average Bonchev–Trinajstić information content (AvgIpc) is 2.58. The highest BCUT2D eigenvalue weighted by Crippen LogP contribution is 2.12. The molecule has 6 nitrogen and oxygen atoms in total. The molecule has 0 atom stereocenters. The maximum absolute atomic E-state index is 11.8. The van der Waals surface area contributed by atoms with Gasteiger partial charge in [0.1, 0.15) is 5.75 Å². The molecule has 120 valence electrons. The fraction of sp³-hybridized carbons (Fsp3) is 0.176. The number of methoxy groups -OCH3 is 1. The third-order valence-electron chi connectivity index (χ3n) is 3.25. The molecule has 0 bridgehead atoms. The Morgan fingerprint density at radius 3 is 2.52 bits per heavy atom. The number of carbonyl (C=O) groups is 2. The Hall–Kier alpha value is -3.02. The Balaban J connectivity index is 1.79. The Labute approximate surface area is 134 Å². The van der Waals surface area contributed by atoms with Gasteiger partial charge in [-0.25, -0.2) is 0 Å². The van der Waals surface area contributed by atoms with Crippen molar-refractivity contribution in [1.29, 1.82) is 0 Å². The standard InChI is InChI=1S/C17H19N3O3/c1-23-15-4-2-3-12(9-15)10-20-16(21)11-19-14-7-5-13(6-8-14)17(18)22/h2-9,19H,10-11H2,1H3,(H2,18,22)(H,20,21). The summed E-state index contributed by atoms with van der Waals surface area (Å²) in [7, 11) is 1.60. The molecule has 4 N–H and O–H groups in total. The molecular formula is C17H19N3O3. The minimum atomic E-state index is -0.479. The molecule has 0 radical (unpaired) electrons. The van der Waals surface area contributed by atoms with Gasteiger partial charge in [-0.1, -0.05) is 12.1 Å². The van der Waals surface area contributed by atoms with Crippen molar-refractivity contribution in [3.8, 4) is 5.75 Å². The SMILES string of the molecule is COc1cccc(CNC(=O)CNc2ccc(C(N)=O)cc2)c1. The van der Waals surface area contributed by atoms with Crippen LogP contribution in [0.3, 0.4) is 0 Å². The first kappa shape index (κ1) is 16.4. The van der Waals surface area contributed by atoms with E-state index in [2.05, 4.69) is 10.6 Å². The van der Waals surface area contributed by atoms with Crippen molar-refractivity contribution in [2.45, 2.75) is 6.54 Å². The topological polar surface area (TPSA) is 93.4 Å². The lowest BCUT2D eigenvalue weighted by Crippen LogP contribution is -2.29. The second-order valence-corrected chi connectivity index (χ2v) is 4.92. The van der Waals surface area contributed by atoms with E-state index in [1.54, 1.807) is 31.4 Å². The molecule has 2 aromatic rings. The molecule has 2 aromatic carbocycles. The molecule has 6 heteroatoms. The second kappa shape index (κ2) is 7.84. The van der Waals surface area contributed by atoms with E-state index in [0.29, 0.717) is 12.1 Å². The van der Waals surface area contributed by atoms with Crippen LogP contribution >= 0.6 is 0 Å². The van der Waals surface area contributed by atoms with Gasteiger partial charge in [-0.15, -0.1) is 0 Å². The van der Waals surface area contributed by atoms with E-state index in [1.165, 1.54) is 0 Å². The lowest BCUT2D eigenvalue weighted by Gasteiger charge is -2.09. The van der Waals surface area contributed by atoms with E-state index in [1.807, 2.05) is 24.3 Å². The van der Waals surface area contributed by atoms with Crippen LogP contribution in [0.25, 0.3) is 0 Å². The van der Waals surface area contributed by atoms with Crippen LogP contribution < -0.4 is 21.1 Å². The molecule has 0 unspecified atom stereocenters. The first-order valence-corrected chi connectivity index (χ1v) is 7.12. The number of amides is 2. The zero-order valence-corrected chi connectivity index (χ0v) is 12.8. The van der Waals surface area contributed by atoms with Crippen LogP contribution in [-0.4, -0.2) is 25.5 Å². The van der Waals surface area contributed by atoms with E-state index in [9.17, 15) is 9.59 Å². The number of nitrogens with one attached hydrogen (secondary N) is 2. The Morgan fingerprint density at radius 1 is 1.13 bits per heavy atom. The quantitative estimate of drug-likeness (QED) is 0.722. The third-order valence-corrected chi connectivity index (χ3v) is 3.25. The molecule has 0 aromatic heterocycles. The largest absolute Gasteiger partial charge is 0.497 e. The average molecular weight is 313 g/mol. The van der Waals surface area contributed by atoms with Crippen LogP contribution in [0.4, 0.5) is 5.69 Å². The number of nitrogens with two attached hydrogens (primary N) is 1. The van der Waals surface area contributed by atoms with Crippen LogP contribution in [0.2, 0.25) is 0 Å². The number of ether oxygens (including phenoxy) is 1. The molecule has 0 aliphatic rings. The van der Waals surface area contributed by atoms with Crippen molar-refractivity contribution in [1.82, 2.24) is 5.32 Å². The van der Waals surface area contributed by atoms with Crippen molar-refractivity contribution in [3.63, 3.8) is 0 Å². The van der Waals surface area contributed by atoms with E-state index in [0.717, 1.165) is 17.0 Å². The second-order valence-electron chi connectivity index (χ2n) is 4.92. The number of hydrogen-bond donors (Lipinski definition) is 3. The minimum absolute atomic E-state index is 0.133. The first-order chi connectivity index (χ1) is 11.1. The maximum Gasteiger partial charge on any atom is 0.248 e. The van der Waals surface area contributed by atoms with Crippen LogP contribution in [0.1, 0.15) is 15.9 Å². The highest BCUT2D eigenvalue weighted by molar-refractivity contribution is 5.93. The van der Waals surface area contributed by atoms with Crippen molar-refractivity contribution < 1.29 is 14.3 Å². The molecule has 0 saturated carbocycles. The van der Waals surface area contributed by atoms with E-state index < -0.39 is 5.91 Å². The van der Waals surface area contributed by atoms with Crippen molar-refractivity contribution in [2.75, 3.05) is 19.0 Å². The summed E-state index contributed by atoms with van der Waals surface area (Å²) in [4.78, 5) is 22.8. The Bertz CT molecular complexity index is 684. The van der Waals surface area contributed by atoms with Crippen LogP contribution in [0, 0.1) is 0 Å². The molecule has 0 saturated heterocycles. The molecule has 23 heavy (non-hydrogen) atoms. The van der Waals surface area contributed by atoms with E-state index in [4.69, 9.17) is 10.5 Å². The molecule has 0 aliphatic heterocycles. The zero-order valence-electron chi connectivity index (χ0n) is 12.8. The number of rotatable bonds is 7. The first-order valence-electron chi connectivity index (χ1n) is 7.12. The van der Waals surface area contributed by atoms with E-state index in [-0.39, 0.29) is 12.5 Å². The van der Waals surface area contributed by atoms with Gasteiger partial charge in [0.25, 0.3) is 0 Å². The maximum atomic E-state index is 11.8. The van der Waals surface area contributed by atoms with Gasteiger partial charge in [-0.2, -0.15) is 0 Å². The highest BCUT2D eigenvalue weighted by atomic mass is 16.5. The zero-order chi connectivity index (χ0) is 16.7. The summed E-state index contributed by atoms with van der Waals surface area (Å²) in [6.45, 7) is 0.568. The van der Waals surface area contributed by atoms with Gasteiger partial charge >= 0.3 is 0 Å². The van der Waals surface area contributed by atoms with Gasteiger partial charge in [0, 0.05) is 17.8 Å². The van der Waals surface area contributed by atoms with E-state index >= 15 is 0 Å². The summed E-state index contributed by atoms with van der Waals surface area (Å²) in [5, 5.41) is 5.80. The van der Waals surface area contributed by atoms with Crippen LogP contribution in [-0.2, 0) is 11.3 Å². The van der Waals surface area contributed by atoms with Crippen LogP contribution in [0.5, 0.6) is 5.75 Å². The van der Waals surface area contributed by atoms with Gasteiger partial charge < -0.3 is 21.1 Å². The fourth-order valence-corrected chi connectivity index (χ4v) is 1.98. The summed E-state index contributed by atoms with van der Waals surface area (Å²) in [6.07, 6.45) is 0. The molecular weight excluding hydrogens is 294 g/mol. The van der Waals surface area contributed by atoms with Crippen molar-refractivity contribution in [2.24, 2.45) is 5.73 Å². The van der Waals surface area contributed by atoms with Gasteiger partial charge in [-0.3, -0.25) is 9.59 Å². The molecule has 0 aliphatic carbocycles. The number of anilines is 1. The predicted molar refractivity (Wildman–Crippen MR) is 88.3 cm³/mol. The predicted octanol–water partition coefficient (Wildman–Crippen LogP) is 1.52. The number of primary amides is 1. The van der Waals surface area contributed by atoms with Crippen molar-refractivity contribution >= 4 is 17.5 Å². The summed E-state index contributed by atoms with van der Waals surface area (Å²) in [5.41, 5.74) is 7.30. The summed E-state index contributed by atoms with van der Waals surface area (Å²) in [5.74, 6) is 0.142. The molecule has 0 spiro atoms. The van der Waals surface area contributed by atoms with Crippen LogP contribution in [0.15, 0.2) is 48.5 Å². The Kier molecular flexibility index (Phi) is 5.57. The third kappa shape index (κ3) is 5.03. The minimum Gasteiger partial charge on any atom is -0.497 e. The van der Waals surface area contributed by atoms with Gasteiger partial charge in [0.15, 0.2) is 0 Å². The smallest absolute Gasteiger partial charge is 0.248 e. The lowest BCUT2D eigenvalue weighted by molar-refractivity contribution is -0.119. The number of carbonyl (C=O) groups excluding carboxylic acids is 2. The van der Waals surface area contributed by atoms with Crippen molar-refractivity contribution in [3.05, 3.63) is 59.7 Å². The highest BCUT2D eigenvalue weighted by Gasteiger charge is 2.03. The fourth-order valence-electron chi connectivity index (χ4n) is 1.98. The summed E-state index contributed by atoms with van der Waals surface area (Å²) < 4.78 is 5.14. The number of hydrogen-bond acceptors (Lipinski definition) is 4. The Morgan fingerprint density at radius 2 is 1.87 bits per heavy atom. The monoisotopic (exact) mass is 313 g/mol. The van der Waals surface area contributed by atoms with Gasteiger partial charge in [0.05, 0.1) is 13.7 Å².